The van der Waals surface area contributed by atoms with Crippen molar-refractivity contribution in [3.8, 4) is 0 Å². The molecule has 0 spiro atoms. The Bertz CT molecular complexity index is 1100. The number of benzene rings is 2. The molecule has 170 valence electrons. The maximum Gasteiger partial charge on any atom is 0.255 e. The predicted molar refractivity (Wildman–Crippen MR) is 123 cm³/mol. The number of nitrogens with one attached hydrogen (secondary N) is 1. The highest BCUT2D eigenvalue weighted by molar-refractivity contribution is 7.89. The third-order valence-corrected chi connectivity index (χ3v) is 8.15. The van der Waals surface area contributed by atoms with Crippen LogP contribution in [0.25, 0.3) is 0 Å². The number of hydrogen-bond acceptors (Lipinski definition) is 4. The maximum atomic E-state index is 13.0. The summed E-state index contributed by atoms with van der Waals surface area (Å²) in [5.41, 5.74) is 0.927. The zero-order valence-corrected chi connectivity index (χ0v) is 19.2. The fourth-order valence-corrected chi connectivity index (χ4v) is 5.88. The van der Waals surface area contributed by atoms with Crippen LogP contribution in [0.4, 0.5) is 5.69 Å². The van der Waals surface area contributed by atoms with Gasteiger partial charge < -0.3 is 10.2 Å². The molecule has 0 aliphatic carbocycles. The van der Waals surface area contributed by atoms with Gasteiger partial charge in [0.1, 0.15) is 0 Å². The maximum absolute atomic E-state index is 13.0. The van der Waals surface area contributed by atoms with Crippen molar-refractivity contribution in [1.29, 1.82) is 0 Å². The van der Waals surface area contributed by atoms with Crippen molar-refractivity contribution >= 4 is 39.1 Å². The lowest BCUT2D eigenvalue weighted by atomic mass is 9.98. The van der Waals surface area contributed by atoms with E-state index in [1.165, 1.54) is 28.6 Å². The van der Waals surface area contributed by atoms with Crippen molar-refractivity contribution in [2.45, 2.75) is 30.6 Å². The summed E-state index contributed by atoms with van der Waals surface area (Å²) >= 11 is 5.88. The fourth-order valence-electron chi connectivity index (χ4n) is 4.23. The highest BCUT2D eigenvalue weighted by atomic mass is 35.5. The van der Waals surface area contributed by atoms with Crippen molar-refractivity contribution in [2.75, 3.05) is 31.5 Å². The van der Waals surface area contributed by atoms with Gasteiger partial charge in [-0.25, -0.2) is 8.42 Å². The molecule has 0 saturated carbocycles. The van der Waals surface area contributed by atoms with E-state index in [-0.39, 0.29) is 23.3 Å². The SMILES string of the molecule is O=C(Nc1ccccc1C(=O)N1CCCC1)[C@H]1CCCN(S(=O)(=O)c2ccc(Cl)cc2)C1. The molecule has 0 aromatic heterocycles. The predicted octanol–water partition coefficient (Wildman–Crippen LogP) is 3.62. The van der Waals surface area contributed by atoms with Crippen LogP contribution in [0.2, 0.25) is 5.02 Å². The molecule has 2 aliphatic rings. The molecule has 0 radical (unpaired) electrons. The first-order chi connectivity index (χ1) is 15.4. The van der Waals surface area contributed by atoms with Crippen LogP contribution in [0.1, 0.15) is 36.0 Å². The Morgan fingerprint density at radius 3 is 2.34 bits per heavy atom. The third kappa shape index (κ3) is 4.82. The molecule has 4 rings (SSSR count). The van der Waals surface area contributed by atoms with E-state index in [2.05, 4.69) is 5.32 Å². The third-order valence-electron chi connectivity index (χ3n) is 6.01. The second-order valence-electron chi connectivity index (χ2n) is 8.19. The molecule has 2 saturated heterocycles. The second kappa shape index (κ2) is 9.60. The van der Waals surface area contributed by atoms with Crippen molar-refractivity contribution in [3.05, 3.63) is 59.1 Å². The number of sulfonamides is 1. The standard InChI is InChI=1S/C23H26ClN3O4S/c24-18-9-11-19(12-10-18)32(30,31)27-15-5-6-17(16-27)22(28)25-21-8-2-1-7-20(21)23(29)26-13-3-4-14-26/h1-2,7-12,17H,3-6,13-16H2,(H,25,28)/t17-/m0/s1. The van der Waals surface area contributed by atoms with Gasteiger partial charge in [0.05, 0.1) is 22.1 Å². The van der Waals surface area contributed by atoms with Gasteiger partial charge in [-0.1, -0.05) is 23.7 Å². The van der Waals surface area contributed by atoms with E-state index in [1.807, 2.05) is 0 Å². The number of carbonyl (C=O) groups is 2. The van der Waals surface area contributed by atoms with E-state index in [4.69, 9.17) is 11.6 Å². The zero-order chi connectivity index (χ0) is 22.7. The van der Waals surface area contributed by atoms with Crippen molar-refractivity contribution in [2.24, 2.45) is 5.92 Å². The molecule has 2 aromatic rings. The van der Waals surface area contributed by atoms with Crippen LogP contribution < -0.4 is 5.32 Å². The molecule has 2 aliphatic heterocycles. The first-order valence-electron chi connectivity index (χ1n) is 10.8. The molecule has 32 heavy (non-hydrogen) atoms. The van der Waals surface area contributed by atoms with Crippen LogP contribution in [-0.4, -0.2) is 55.6 Å². The van der Waals surface area contributed by atoms with E-state index < -0.39 is 15.9 Å². The van der Waals surface area contributed by atoms with E-state index in [1.54, 1.807) is 29.2 Å². The molecular formula is C23H26ClN3O4S. The number of piperidine rings is 1. The van der Waals surface area contributed by atoms with Crippen molar-refractivity contribution < 1.29 is 18.0 Å². The fraction of sp³-hybridized carbons (Fsp3) is 0.391. The molecule has 2 aromatic carbocycles. The largest absolute Gasteiger partial charge is 0.339 e. The molecule has 7 nitrogen and oxygen atoms in total. The second-order valence-corrected chi connectivity index (χ2v) is 10.6. The minimum atomic E-state index is -3.72. The molecule has 1 atom stereocenters. The highest BCUT2D eigenvalue weighted by Gasteiger charge is 2.34. The van der Waals surface area contributed by atoms with Crippen LogP contribution in [-0.2, 0) is 14.8 Å². The average Bonchev–Trinajstić information content (AvgIpc) is 3.34. The van der Waals surface area contributed by atoms with Gasteiger partial charge in [-0.05, 0) is 62.1 Å². The lowest BCUT2D eigenvalue weighted by molar-refractivity contribution is -0.120. The summed E-state index contributed by atoms with van der Waals surface area (Å²) in [4.78, 5) is 27.9. The summed E-state index contributed by atoms with van der Waals surface area (Å²) in [7, 11) is -3.72. The minimum Gasteiger partial charge on any atom is -0.339 e. The lowest BCUT2D eigenvalue weighted by Crippen LogP contribution is -2.43. The van der Waals surface area contributed by atoms with Gasteiger partial charge in [0.15, 0.2) is 0 Å². The van der Waals surface area contributed by atoms with Gasteiger partial charge >= 0.3 is 0 Å². The Kier molecular flexibility index (Phi) is 6.83. The van der Waals surface area contributed by atoms with Gasteiger partial charge in [0.2, 0.25) is 15.9 Å². The van der Waals surface area contributed by atoms with Gasteiger partial charge in [-0.15, -0.1) is 0 Å². The Balaban J connectivity index is 1.47. The molecule has 1 N–H and O–H groups in total. The van der Waals surface area contributed by atoms with Crippen LogP contribution in [0.3, 0.4) is 0 Å². The van der Waals surface area contributed by atoms with Crippen molar-refractivity contribution in [3.63, 3.8) is 0 Å². The monoisotopic (exact) mass is 475 g/mol. The summed E-state index contributed by atoms with van der Waals surface area (Å²) in [6, 6.07) is 13.0. The van der Waals surface area contributed by atoms with Crippen LogP contribution in [0.15, 0.2) is 53.4 Å². The first kappa shape index (κ1) is 22.8. The van der Waals surface area contributed by atoms with E-state index >= 15 is 0 Å². The number of halogens is 1. The smallest absolute Gasteiger partial charge is 0.255 e. The Hall–Kier alpha value is -2.42. The van der Waals surface area contributed by atoms with Crippen LogP contribution >= 0.6 is 11.6 Å². The molecular weight excluding hydrogens is 450 g/mol. The number of carbonyl (C=O) groups excluding carboxylic acids is 2. The summed E-state index contributed by atoms with van der Waals surface area (Å²) in [6.07, 6.45) is 3.14. The molecule has 0 bridgehead atoms. The molecule has 2 fully saturated rings. The number of likely N-dealkylation sites (tertiary alicyclic amines) is 1. The number of amides is 2. The number of rotatable bonds is 5. The van der Waals surface area contributed by atoms with Gasteiger partial charge in [0, 0.05) is 31.2 Å². The Morgan fingerprint density at radius 2 is 1.62 bits per heavy atom. The van der Waals surface area contributed by atoms with Gasteiger partial charge in [0.25, 0.3) is 5.91 Å². The topological polar surface area (TPSA) is 86.8 Å². The normalized spacial score (nSPS) is 19.7. The highest BCUT2D eigenvalue weighted by Crippen LogP contribution is 2.27. The number of anilines is 1. The summed E-state index contributed by atoms with van der Waals surface area (Å²) in [5, 5.41) is 3.34. The summed E-state index contributed by atoms with van der Waals surface area (Å²) in [6.45, 7) is 1.90. The van der Waals surface area contributed by atoms with Gasteiger partial charge in [-0.3, -0.25) is 9.59 Å². The zero-order valence-electron chi connectivity index (χ0n) is 17.7. The van der Waals surface area contributed by atoms with E-state index in [0.717, 1.165) is 25.9 Å². The van der Waals surface area contributed by atoms with Crippen LogP contribution in [0, 0.1) is 5.92 Å². The number of hydrogen-bond donors (Lipinski definition) is 1. The molecule has 2 heterocycles. The van der Waals surface area contributed by atoms with E-state index in [0.29, 0.717) is 35.7 Å². The molecule has 0 unspecified atom stereocenters. The number of nitrogens with zero attached hydrogens (tertiary/aromatic N) is 2. The Labute approximate surface area is 193 Å². The molecule has 9 heteroatoms. The number of para-hydroxylation sites is 1. The summed E-state index contributed by atoms with van der Waals surface area (Å²) in [5.74, 6) is -0.863. The average molecular weight is 476 g/mol. The van der Waals surface area contributed by atoms with Gasteiger partial charge in [-0.2, -0.15) is 4.31 Å². The Morgan fingerprint density at radius 1 is 0.938 bits per heavy atom. The molecule has 2 amide bonds. The summed E-state index contributed by atoms with van der Waals surface area (Å²) < 4.78 is 27.4. The quantitative estimate of drug-likeness (QED) is 0.715. The first-order valence-corrected chi connectivity index (χ1v) is 12.6. The van der Waals surface area contributed by atoms with E-state index in [9.17, 15) is 18.0 Å². The van der Waals surface area contributed by atoms with Crippen molar-refractivity contribution in [1.82, 2.24) is 9.21 Å². The van der Waals surface area contributed by atoms with Crippen LogP contribution in [0.5, 0.6) is 0 Å². The lowest BCUT2D eigenvalue weighted by Gasteiger charge is -2.31. The minimum absolute atomic E-state index is 0.0889.